The summed E-state index contributed by atoms with van der Waals surface area (Å²) >= 11 is 0. The van der Waals surface area contributed by atoms with E-state index in [0.717, 1.165) is 32.4 Å². The molecule has 0 spiro atoms. The molecule has 0 fully saturated rings. The van der Waals surface area contributed by atoms with E-state index in [1.54, 1.807) is 0 Å². The first-order valence-electron chi connectivity index (χ1n) is 6.29. The zero-order valence-electron chi connectivity index (χ0n) is 10.6. The lowest BCUT2D eigenvalue weighted by Gasteiger charge is -2.14. The average molecular weight is 230 g/mol. The fourth-order valence-electron chi connectivity index (χ4n) is 1.51. The third-order valence-electron chi connectivity index (χ3n) is 2.64. The van der Waals surface area contributed by atoms with Gasteiger partial charge in [0.2, 0.25) is 5.91 Å². The van der Waals surface area contributed by atoms with Gasteiger partial charge in [-0.3, -0.25) is 4.79 Å². The standard InChI is InChI=1S/C12H26N2O2/c1-3-11(7-8-13)10-14-12(15)6-5-9-16-4-2/h11H,3-10,13H2,1-2H3,(H,14,15). The molecular weight excluding hydrogens is 204 g/mol. The van der Waals surface area contributed by atoms with Crippen LogP contribution in [-0.4, -0.2) is 32.2 Å². The van der Waals surface area contributed by atoms with Crippen LogP contribution in [0.25, 0.3) is 0 Å². The molecule has 4 heteroatoms. The van der Waals surface area contributed by atoms with Crippen molar-refractivity contribution in [2.24, 2.45) is 11.7 Å². The first-order valence-corrected chi connectivity index (χ1v) is 6.29. The van der Waals surface area contributed by atoms with Gasteiger partial charge in [0.1, 0.15) is 0 Å². The summed E-state index contributed by atoms with van der Waals surface area (Å²) in [5.74, 6) is 0.635. The summed E-state index contributed by atoms with van der Waals surface area (Å²) in [6.07, 6.45) is 3.40. The summed E-state index contributed by atoms with van der Waals surface area (Å²) in [6.45, 7) is 6.92. The van der Waals surface area contributed by atoms with Crippen LogP contribution in [0.2, 0.25) is 0 Å². The maximum Gasteiger partial charge on any atom is 0.220 e. The zero-order chi connectivity index (χ0) is 12.2. The Morgan fingerprint density at radius 2 is 2.19 bits per heavy atom. The van der Waals surface area contributed by atoms with Crippen molar-refractivity contribution in [1.82, 2.24) is 5.32 Å². The Morgan fingerprint density at radius 1 is 1.44 bits per heavy atom. The SMILES string of the molecule is CCOCCCC(=O)NCC(CC)CCN. The molecular formula is C12H26N2O2. The van der Waals surface area contributed by atoms with Gasteiger partial charge in [-0.15, -0.1) is 0 Å². The quantitative estimate of drug-likeness (QED) is 0.556. The Bertz CT molecular complexity index is 174. The van der Waals surface area contributed by atoms with Crippen molar-refractivity contribution in [3.8, 4) is 0 Å². The van der Waals surface area contributed by atoms with Crippen molar-refractivity contribution < 1.29 is 9.53 Å². The molecule has 16 heavy (non-hydrogen) atoms. The van der Waals surface area contributed by atoms with Crippen LogP contribution >= 0.6 is 0 Å². The number of hydrogen-bond donors (Lipinski definition) is 2. The predicted octanol–water partition coefficient (Wildman–Crippen LogP) is 1.29. The summed E-state index contributed by atoms with van der Waals surface area (Å²) in [4.78, 5) is 11.4. The second-order valence-corrected chi connectivity index (χ2v) is 3.96. The summed E-state index contributed by atoms with van der Waals surface area (Å²) in [5, 5.41) is 2.95. The molecule has 0 aliphatic rings. The maximum atomic E-state index is 11.4. The van der Waals surface area contributed by atoms with Crippen molar-refractivity contribution in [2.75, 3.05) is 26.3 Å². The van der Waals surface area contributed by atoms with Crippen LogP contribution in [0.3, 0.4) is 0 Å². The molecule has 0 radical (unpaired) electrons. The van der Waals surface area contributed by atoms with Crippen LogP contribution in [0.5, 0.6) is 0 Å². The number of amides is 1. The van der Waals surface area contributed by atoms with Gasteiger partial charge in [0.05, 0.1) is 0 Å². The molecule has 0 bridgehead atoms. The van der Waals surface area contributed by atoms with Gasteiger partial charge in [0.15, 0.2) is 0 Å². The van der Waals surface area contributed by atoms with Crippen molar-refractivity contribution in [3.63, 3.8) is 0 Å². The number of hydrogen-bond acceptors (Lipinski definition) is 3. The van der Waals surface area contributed by atoms with Gasteiger partial charge in [0, 0.05) is 26.2 Å². The summed E-state index contributed by atoms with van der Waals surface area (Å²) in [7, 11) is 0. The van der Waals surface area contributed by atoms with Crippen molar-refractivity contribution in [2.45, 2.75) is 39.5 Å². The largest absolute Gasteiger partial charge is 0.382 e. The molecule has 0 aromatic heterocycles. The fourth-order valence-corrected chi connectivity index (χ4v) is 1.51. The van der Waals surface area contributed by atoms with Crippen molar-refractivity contribution in [1.29, 1.82) is 0 Å². The predicted molar refractivity (Wildman–Crippen MR) is 66.2 cm³/mol. The first kappa shape index (κ1) is 15.4. The van der Waals surface area contributed by atoms with E-state index in [4.69, 9.17) is 10.5 Å². The van der Waals surface area contributed by atoms with Crippen LogP contribution in [-0.2, 0) is 9.53 Å². The molecule has 0 saturated carbocycles. The Morgan fingerprint density at radius 3 is 2.75 bits per heavy atom. The van der Waals surface area contributed by atoms with E-state index in [0.29, 0.717) is 25.5 Å². The topological polar surface area (TPSA) is 64.3 Å². The number of carbonyl (C=O) groups is 1. The van der Waals surface area contributed by atoms with E-state index in [1.807, 2.05) is 6.92 Å². The molecule has 0 rings (SSSR count). The van der Waals surface area contributed by atoms with Gasteiger partial charge < -0.3 is 15.8 Å². The minimum absolute atomic E-state index is 0.121. The van der Waals surface area contributed by atoms with Gasteiger partial charge in [-0.05, 0) is 32.2 Å². The molecule has 3 N–H and O–H groups in total. The van der Waals surface area contributed by atoms with Crippen LogP contribution in [0, 0.1) is 5.92 Å². The van der Waals surface area contributed by atoms with Gasteiger partial charge in [-0.25, -0.2) is 0 Å². The average Bonchev–Trinajstić information content (AvgIpc) is 2.30. The van der Waals surface area contributed by atoms with Crippen molar-refractivity contribution in [3.05, 3.63) is 0 Å². The van der Waals surface area contributed by atoms with Crippen LogP contribution < -0.4 is 11.1 Å². The van der Waals surface area contributed by atoms with E-state index >= 15 is 0 Å². The fraction of sp³-hybridized carbons (Fsp3) is 0.917. The highest BCUT2D eigenvalue weighted by molar-refractivity contribution is 5.75. The van der Waals surface area contributed by atoms with E-state index in [9.17, 15) is 4.79 Å². The molecule has 1 amide bonds. The second-order valence-electron chi connectivity index (χ2n) is 3.96. The van der Waals surface area contributed by atoms with E-state index < -0.39 is 0 Å². The normalized spacial score (nSPS) is 12.4. The number of nitrogens with two attached hydrogens (primary N) is 1. The lowest BCUT2D eigenvalue weighted by molar-refractivity contribution is -0.121. The lowest BCUT2D eigenvalue weighted by atomic mass is 10.0. The van der Waals surface area contributed by atoms with Gasteiger partial charge in [0.25, 0.3) is 0 Å². The summed E-state index contributed by atoms with van der Waals surface area (Å²) < 4.78 is 5.17. The number of rotatable bonds is 10. The summed E-state index contributed by atoms with van der Waals surface area (Å²) in [5.41, 5.74) is 5.50. The highest BCUT2D eigenvalue weighted by Crippen LogP contribution is 2.05. The molecule has 1 unspecified atom stereocenters. The molecule has 4 nitrogen and oxygen atoms in total. The van der Waals surface area contributed by atoms with E-state index in [1.165, 1.54) is 0 Å². The molecule has 0 aliphatic heterocycles. The van der Waals surface area contributed by atoms with Crippen LogP contribution in [0.15, 0.2) is 0 Å². The van der Waals surface area contributed by atoms with E-state index in [2.05, 4.69) is 12.2 Å². The molecule has 1 atom stereocenters. The lowest BCUT2D eigenvalue weighted by Crippen LogP contribution is -2.30. The number of nitrogens with one attached hydrogen (secondary N) is 1. The van der Waals surface area contributed by atoms with Gasteiger partial charge in [-0.1, -0.05) is 13.3 Å². The van der Waals surface area contributed by atoms with Crippen molar-refractivity contribution >= 4 is 5.91 Å². The molecule has 0 saturated heterocycles. The maximum absolute atomic E-state index is 11.4. The second kappa shape index (κ2) is 10.9. The molecule has 0 aliphatic carbocycles. The molecule has 96 valence electrons. The van der Waals surface area contributed by atoms with Crippen LogP contribution in [0.4, 0.5) is 0 Å². The number of carbonyl (C=O) groups excluding carboxylic acids is 1. The number of ether oxygens (including phenoxy) is 1. The Hall–Kier alpha value is -0.610. The van der Waals surface area contributed by atoms with Crippen LogP contribution in [0.1, 0.15) is 39.5 Å². The first-order chi connectivity index (χ1) is 7.74. The van der Waals surface area contributed by atoms with E-state index in [-0.39, 0.29) is 5.91 Å². The Balaban J connectivity index is 3.47. The third-order valence-corrected chi connectivity index (χ3v) is 2.64. The minimum atomic E-state index is 0.121. The van der Waals surface area contributed by atoms with Gasteiger partial charge >= 0.3 is 0 Å². The third kappa shape index (κ3) is 8.68. The smallest absolute Gasteiger partial charge is 0.220 e. The monoisotopic (exact) mass is 230 g/mol. The zero-order valence-corrected chi connectivity index (χ0v) is 10.6. The molecule has 0 heterocycles. The molecule has 0 aromatic carbocycles. The Labute approximate surface area is 98.9 Å². The highest BCUT2D eigenvalue weighted by Gasteiger charge is 2.07. The van der Waals surface area contributed by atoms with Gasteiger partial charge in [-0.2, -0.15) is 0 Å². The Kier molecular flexibility index (Phi) is 10.5. The minimum Gasteiger partial charge on any atom is -0.382 e. The summed E-state index contributed by atoms with van der Waals surface area (Å²) in [6, 6.07) is 0. The molecule has 0 aromatic rings. The highest BCUT2D eigenvalue weighted by atomic mass is 16.5.